The van der Waals surface area contributed by atoms with Crippen LogP contribution in [0.15, 0.2) is 164 Å². The van der Waals surface area contributed by atoms with Gasteiger partial charge in [-0.05, 0) is 91.2 Å². The summed E-state index contributed by atoms with van der Waals surface area (Å²) in [6, 6.07) is 61.4. The number of hydrogen-bond donors (Lipinski definition) is 0. The van der Waals surface area contributed by atoms with Gasteiger partial charge in [0.2, 0.25) is 0 Å². The van der Waals surface area contributed by atoms with E-state index >= 15 is 0 Å². The lowest BCUT2D eigenvalue weighted by Crippen LogP contribution is -2.63. The third-order valence-corrected chi connectivity index (χ3v) is 11.8. The first-order valence-corrected chi connectivity index (χ1v) is 17.5. The van der Waals surface area contributed by atoms with Crippen LogP contribution < -0.4 is 15.7 Å². The fourth-order valence-electron chi connectivity index (χ4n) is 9.48. The van der Waals surface area contributed by atoms with Crippen molar-refractivity contribution in [2.75, 3.05) is 4.81 Å². The summed E-state index contributed by atoms with van der Waals surface area (Å²) in [5, 5.41) is 0. The topological polar surface area (TPSA) is 3.24 Å². The van der Waals surface area contributed by atoms with Crippen LogP contribution in [-0.4, -0.2) is 6.85 Å². The molecule has 7 aromatic rings. The van der Waals surface area contributed by atoms with Crippen LogP contribution >= 0.6 is 0 Å². The molecule has 7 aromatic carbocycles. The van der Waals surface area contributed by atoms with Gasteiger partial charge in [-0.1, -0.05) is 166 Å². The fraction of sp³-hybridized carbons (Fsp3) is 0.106. The van der Waals surface area contributed by atoms with E-state index in [4.69, 9.17) is 0 Å². The predicted octanol–water partition coefficient (Wildman–Crippen LogP) is 10.3. The molecule has 0 radical (unpaired) electrons. The van der Waals surface area contributed by atoms with E-state index in [-0.39, 0.29) is 17.7 Å². The van der Waals surface area contributed by atoms with Crippen molar-refractivity contribution in [2.24, 2.45) is 0 Å². The molecule has 0 saturated carbocycles. The Kier molecular flexibility index (Phi) is 5.92. The molecule has 3 aliphatic rings. The molecule has 1 atom stereocenters. The van der Waals surface area contributed by atoms with Gasteiger partial charge >= 0.3 is 6.85 Å². The Bertz CT molecular complexity index is 2350. The second-order valence-corrected chi connectivity index (χ2v) is 14.6. The van der Waals surface area contributed by atoms with Crippen molar-refractivity contribution in [3.63, 3.8) is 0 Å². The highest BCUT2D eigenvalue weighted by molar-refractivity contribution is 6.90. The standard InChI is InChI=1S/C47H36BN/c1-46(2)39-27-25-33(31-15-6-4-7-16-31)29-43(39)49(44-30-34(26-28-40(44)46)32-17-8-5-9-18-32)48-41-23-13-12-22-38(41)47(3)37-21-11-10-19-35(37)36-20-14-24-42(48)45(36)47/h4-30H,1-3H3. The highest BCUT2D eigenvalue weighted by Gasteiger charge is 2.52. The third kappa shape index (κ3) is 3.83. The molecule has 0 fully saturated rings. The maximum absolute atomic E-state index is 2.70. The number of anilines is 2. The fourth-order valence-corrected chi connectivity index (χ4v) is 9.48. The molecule has 1 unspecified atom stereocenters. The summed E-state index contributed by atoms with van der Waals surface area (Å²) in [7, 11) is 0. The second-order valence-electron chi connectivity index (χ2n) is 14.6. The van der Waals surface area contributed by atoms with Crippen molar-refractivity contribution in [2.45, 2.75) is 31.6 Å². The van der Waals surface area contributed by atoms with E-state index in [1.54, 1.807) is 0 Å². The largest absolute Gasteiger partial charge is 0.376 e. The highest BCUT2D eigenvalue weighted by atomic mass is 15.1. The van der Waals surface area contributed by atoms with Crippen LogP contribution in [0.3, 0.4) is 0 Å². The lowest BCUT2D eigenvalue weighted by molar-refractivity contribution is 0.634. The maximum atomic E-state index is 2.70. The molecule has 2 aliphatic heterocycles. The van der Waals surface area contributed by atoms with Crippen LogP contribution in [0.1, 0.15) is 48.6 Å². The number of rotatable bonds is 3. The molecular formula is C47H36BN. The Morgan fingerprint density at radius 1 is 0.408 bits per heavy atom. The van der Waals surface area contributed by atoms with Crippen LogP contribution in [0.25, 0.3) is 33.4 Å². The molecule has 0 amide bonds. The highest BCUT2D eigenvalue weighted by Crippen LogP contribution is 2.55. The number of nitrogens with zero attached hydrogens (tertiary/aromatic N) is 1. The van der Waals surface area contributed by atoms with E-state index in [2.05, 4.69) is 189 Å². The molecule has 0 aromatic heterocycles. The van der Waals surface area contributed by atoms with Gasteiger partial charge in [-0.15, -0.1) is 0 Å². The summed E-state index contributed by atoms with van der Waals surface area (Å²) in [5.74, 6) is 0. The van der Waals surface area contributed by atoms with Gasteiger partial charge in [-0.25, -0.2) is 0 Å². The van der Waals surface area contributed by atoms with Gasteiger partial charge in [0.15, 0.2) is 0 Å². The summed E-state index contributed by atoms with van der Waals surface area (Å²) < 4.78 is 0. The first-order chi connectivity index (χ1) is 24.0. The van der Waals surface area contributed by atoms with E-state index in [1.165, 1.54) is 83.5 Å². The molecular weight excluding hydrogens is 589 g/mol. The zero-order valence-corrected chi connectivity index (χ0v) is 28.1. The maximum Gasteiger partial charge on any atom is 0.328 e. The monoisotopic (exact) mass is 625 g/mol. The third-order valence-electron chi connectivity index (χ3n) is 11.8. The Morgan fingerprint density at radius 3 is 1.55 bits per heavy atom. The lowest BCUT2D eigenvalue weighted by Gasteiger charge is -2.48. The normalized spacial score (nSPS) is 17.4. The minimum atomic E-state index is -0.228. The molecule has 0 N–H and O–H groups in total. The number of hydrogen-bond acceptors (Lipinski definition) is 1. The first-order valence-electron chi connectivity index (χ1n) is 17.5. The van der Waals surface area contributed by atoms with Crippen LogP contribution in [0.4, 0.5) is 11.4 Å². The minimum Gasteiger partial charge on any atom is -0.376 e. The smallest absolute Gasteiger partial charge is 0.328 e. The van der Waals surface area contributed by atoms with E-state index < -0.39 is 0 Å². The van der Waals surface area contributed by atoms with E-state index in [0.717, 1.165) is 0 Å². The van der Waals surface area contributed by atoms with Gasteiger partial charge in [0, 0.05) is 22.2 Å². The van der Waals surface area contributed by atoms with E-state index in [0.29, 0.717) is 0 Å². The molecule has 49 heavy (non-hydrogen) atoms. The molecule has 1 aliphatic carbocycles. The van der Waals surface area contributed by atoms with Crippen molar-refractivity contribution >= 4 is 29.1 Å². The van der Waals surface area contributed by atoms with Gasteiger partial charge < -0.3 is 4.81 Å². The van der Waals surface area contributed by atoms with Gasteiger partial charge in [0.05, 0.1) is 0 Å². The number of benzene rings is 7. The Labute approximate surface area is 289 Å². The van der Waals surface area contributed by atoms with Crippen molar-refractivity contribution in [1.82, 2.24) is 0 Å². The van der Waals surface area contributed by atoms with Gasteiger partial charge in [-0.3, -0.25) is 0 Å². The summed E-state index contributed by atoms with van der Waals surface area (Å²) in [6.07, 6.45) is 0. The quantitative estimate of drug-likeness (QED) is 0.177. The summed E-state index contributed by atoms with van der Waals surface area (Å²) >= 11 is 0. The zero-order chi connectivity index (χ0) is 32.9. The van der Waals surface area contributed by atoms with Crippen molar-refractivity contribution in [1.29, 1.82) is 0 Å². The number of fused-ring (bicyclic) bond motifs is 7. The SMILES string of the molecule is CC1(C)c2ccc(-c3ccccc3)cc2N(B2c3ccccc3C3(C)c4ccccc4-c4cccc2c43)c2cc(-c3ccccc3)ccc21. The molecule has 1 nitrogen and oxygen atoms in total. The lowest BCUT2D eigenvalue weighted by atomic mass is 9.40. The molecule has 0 spiro atoms. The zero-order valence-electron chi connectivity index (χ0n) is 28.1. The Hall–Kier alpha value is -5.60. The molecule has 2 heteroatoms. The molecule has 0 bridgehead atoms. The minimum absolute atomic E-state index is 0.0146. The van der Waals surface area contributed by atoms with Crippen LogP contribution in [0.2, 0.25) is 0 Å². The molecule has 10 rings (SSSR count). The average Bonchev–Trinajstić information content (AvgIpc) is 3.43. The van der Waals surface area contributed by atoms with E-state index in [1.807, 2.05) is 0 Å². The summed E-state index contributed by atoms with van der Waals surface area (Å²) in [6.45, 7) is 7.24. The van der Waals surface area contributed by atoms with Gasteiger partial charge in [-0.2, -0.15) is 0 Å². The van der Waals surface area contributed by atoms with Gasteiger partial charge in [0.1, 0.15) is 0 Å². The van der Waals surface area contributed by atoms with Gasteiger partial charge in [0.25, 0.3) is 0 Å². The molecule has 0 saturated heterocycles. The van der Waals surface area contributed by atoms with Crippen molar-refractivity contribution < 1.29 is 0 Å². The van der Waals surface area contributed by atoms with Crippen LogP contribution in [-0.2, 0) is 10.8 Å². The molecule has 2 heterocycles. The van der Waals surface area contributed by atoms with Crippen molar-refractivity contribution in [3.05, 3.63) is 192 Å². The second kappa shape index (κ2) is 10.2. The van der Waals surface area contributed by atoms with E-state index in [9.17, 15) is 0 Å². The summed E-state index contributed by atoms with van der Waals surface area (Å²) in [5.41, 5.74) is 19.5. The van der Waals surface area contributed by atoms with Crippen LogP contribution in [0, 0.1) is 0 Å². The predicted molar refractivity (Wildman–Crippen MR) is 207 cm³/mol. The summed E-state index contributed by atoms with van der Waals surface area (Å²) in [4.78, 5) is 2.70. The Balaban J connectivity index is 1.31. The van der Waals surface area contributed by atoms with Crippen molar-refractivity contribution in [3.8, 4) is 33.4 Å². The molecule has 232 valence electrons. The Morgan fingerprint density at radius 2 is 0.918 bits per heavy atom. The average molecular weight is 626 g/mol. The first kappa shape index (κ1) is 28.4. The van der Waals surface area contributed by atoms with Crippen LogP contribution in [0.5, 0.6) is 0 Å².